The minimum Gasteiger partial charge on any atom is -0.390 e. The summed E-state index contributed by atoms with van der Waals surface area (Å²) >= 11 is 0. The van der Waals surface area contributed by atoms with Crippen LogP contribution in [0.1, 0.15) is 48.0 Å². The monoisotopic (exact) mass is 245 g/mol. The zero-order valence-electron chi connectivity index (χ0n) is 12.2. The third-order valence-corrected chi connectivity index (χ3v) is 3.21. The van der Waals surface area contributed by atoms with E-state index in [2.05, 4.69) is 0 Å². The van der Waals surface area contributed by atoms with E-state index >= 15 is 0 Å². The first-order chi connectivity index (χ1) is 7.70. The average Bonchev–Trinajstić information content (AvgIpc) is 2.63. The fourth-order valence-electron chi connectivity index (χ4n) is 1.98. The molecule has 1 saturated heterocycles. The molecule has 0 radical (unpaired) electrons. The van der Waals surface area contributed by atoms with Crippen LogP contribution in [0.25, 0.3) is 0 Å². The number of nitrogens with zero attached hydrogens (tertiary/aromatic N) is 1. The fourth-order valence-corrected chi connectivity index (χ4v) is 1.98. The number of amides is 1. The molecule has 0 saturated carbocycles. The number of hydrogen-bond donors (Lipinski definition) is 1. The van der Waals surface area contributed by atoms with E-state index in [9.17, 15) is 9.90 Å². The van der Waals surface area contributed by atoms with Crippen molar-refractivity contribution in [2.75, 3.05) is 13.7 Å². The highest BCUT2D eigenvalue weighted by molar-refractivity contribution is 5.82. The van der Waals surface area contributed by atoms with Gasteiger partial charge in [-0.05, 0) is 34.1 Å². The summed E-state index contributed by atoms with van der Waals surface area (Å²) in [5.74, 6) is -0.332. The van der Waals surface area contributed by atoms with Crippen molar-refractivity contribution in [2.24, 2.45) is 5.92 Å². The Balaban J connectivity index is 0.00000121. The SMILES string of the molecule is CC.COC(C)(C)N1CCC(C(C)(C)O)C1=O. The number of methoxy groups -OCH3 is 1. The summed E-state index contributed by atoms with van der Waals surface area (Å²) < 4.78 is 5.28. The molecule has 1 atom stereocenters. The Morgan fingerprint density at radius 3 is 2.06 bits per heavy atom. The van der Waals surface area contributed by atoms with Crippen LogP contribution >= 0.6 is 0 Å². The third-order valence-electron chi connectivity index (χ3n) is 3.21. The molecule has 0 spiro atoms. The van der Waals surface area contributed by atoms with Gasteiger partial charge in [0.15, 0.2) is 0 Å². The quantitative estimate of drug-likeness (QED) is 0.827. The highest BCUT2D eigenvalue weighted by Gasteiger charge is 2.45. The highest BCUT2D eigenvalue weighted by Crippen LogP contribution is 2.32. The second-order valence-electron chi connectivity index (χ2n) is 5.14. The van der Waals surface area contributed by atoms with Crippen LogP contribution in [0, 0.1) is 5.92 Å². The van der Waals surface area contributed by atoms with Gasteiger partial charge in [-0.15, -0.1) is 0 Å². The van der Waals surface area contributed by atoms with Gasteiger partial charge in [0.25, 0.3) is 0 Å². The van der Waals surface area contributed by atoms with Crippen LogP contribution in [0.2, 0.25) is 0 Å². The lowest BCUT2D eigenvalue weighted by Gasteiger charge is -2.35. The molecule has 102 valence electrons. The lowest BCUT2D eigenvalue weighted by molar-refractivity contribution is -0.159. The van der Waals surface area contributed by atoms with Gasteiger partial charge in [0, 0.05) is 13.7 Å². The smallest absolute Gasteiger partial charge is 0.230 e. The molecule has 0 aliphatic carbocycles. The number of likely N-dealkylation sites (tertiary alicyclic amines) is 1. The van der Waals surface area contributed by atoms with Crippen LogP contribution < -0.4 is 0 Å². The first-order valence-corrected chi connectivity index (χ1v) is 6.29. The van der Waals surface area contributed by atoms with E-state index in [0.717, 1.165) is 0 Å². The Morgan fingerprint density at radius 1 is 1.29 bits per heavy atom. The van der Waals surface area contributed by atoms with Crippen molar-refractivity contribution >= 4 is 5.91 Å². The van der Waals surface area contributed by atoms with Crippen molar-refractivity contribution in [3.8, 4) is 0 Å². The summed E-state index contributed by atoms with van der Waals surface area (Å²) in [5, 5.41) is 9.86. The van der Waals surface area contributed by atoms with Crippen LogP contribution in [0.4, 0.5) is 0 Å². The molecule has 0 aromatic rings. The van der Waals surface area contributed by atoms with Crippen LogP contribution in [0.3, 0.4) is 0 Å². The van der Waals surface area contributed by atoms with E-state index in [1.165, 1.54) is 0 Å². The third kappa shape index (κ3) is 3.68. The first kappa shape index (κ1) is 16.4. The fraction of sp³-hybridized carbons (Fsp3) is 0.923. The van der Waals surface area contributed by atoms with Crippen molar-refractivity contribution in [3.05, 3.63) is 0 Å². The average molecular weight is 245 g/mol. The van der Waals surface area contributed by atoms with Crippen LogP contribution in [0.5, 0.6) is 0 Å². The Bertz CT molecular complexity index is 256. The Labute approximate surface area is 105 Å². The van der Waals surface area contributed by atoms with Gasteiger partial charge in [0.05, 0.1) is 11.5 Å². The summed E-state index contributed by atoms with van der Waals surface area (Å²) in [6.45, 7) is 11.7. The van der Waals surface area contributed by atoms with E-state index < -0.39 is 11.3 Å². The van der Waals surface area contributed by atoms with Gasteiger partial charge in [-0.2, -0.15) is 0 Å². The molecule has 0 aromatic heterocycles. The maximum atomic E-state index is 12.0. The minimum atomic E-state index is -0.949. The topological polar surface area (TPSA) is 49.8 Å². The van der Waals surface area contributed by atoms with Gasteiger partial charge in [-0.1, -0.05) is 13.8 Å². The maximum Gasteiger partial charge on any atom is 0.230 e. The molecule has 1 N–H and O–H groups in total. The zero-order valence-corrected chi connectivity index (χ0v) is 12.2. The van der Waals surface area contributed by atoms with Gasteiger partial charge in [0.2, 0.25) is 5.91 Å². The summed E-state index contributed by atoms with van der Waals surface area (Å²) in [6.07, 6.45) is 0.690. The largest absolute Gasteiger partial charge is 0.390 e. The molecule has 1 aliphatic rings. The van der Waals surface area contributed by atoms with E-state index in [4.69, 9.17) is 4.74 Å². The molecule has 1 aliphatic heterocycles. The lowest BCUT2D eigenvalue weighted by Crippen LogP contribution is -2.48. The zero-order chi connectivity index (χ0) is 13.9. The number of carbonyl (C=O) groups excluding carboxylic acids is 1. The molecule has 1 amide bonds. The van der Waals surface area contributed by atoms with Gasteiger partial charge >= 0.3 is 0 Å². The summed E-state index contributed by atoms with van der Waals surface area (Å²) in [7, 11) is 1.59. The summed E-state index contributed by atoms with van der Waals surface area (Å²) in [4.78, 5) is 13.7. The maximum absolute atomic E-state index is 12.0. The van der Waals surface area contributed by atoms with E-state index in [1.807, 2.05) is 27.7 Å². The van der Waals surface area contributed by atoms with Crippen LogP contribution in [0.15, 0.2) is 0 Å². The molecule has 0 aromatic carbocycles. The molecular formula is C13H27NO3. The molecule has 1 heterocycles. The number of ether oxygens (including phenoxy) is 1. The first-order valence-electron chi connectivity index (χ1n) is 6.29. The van der Waals surface area contributed by atoms with E-state index in [1.54, 1.807) is 25.9 Å². The van der Waals surface area contributed by atoms with Crippen molar-refractivity contribution in [1.29, 1.82) is 0 Å². The Hall–Kier alpha value is -0.610. The van der Waals surface area contributed by atoms with Crippen molar-refractivity contribution < 1.29 is 14.6 Å². The molecule has 1 unspecified atom stereocenters. The highest BCUT2D eigenvalue weighted by atomic mass is 16.5. The normalized spacial score (nSPS) is 21.3. The van der Waals surface area contributed by atoms with Crippen molar-refractivity contribution in [2.45, 2.75) is 59.3 Å². The predicted molar refractivity (Wildman–Crippen MR) is 68.6 cm³/mol. The van der Waals surface area contributed by atoms with Crippen molar-refractivity contribution in [1.82, 2.24) is 4.90 Å². The number of hydrogen-bond acceptors (Lipinski definition) is 3. The van der Waals surface area contributed by atoms with E-state index in [-0.39, 0.29) is 11.8 Å². The van der Waals surface area contributed by atoms with Crippen LogP contribution in [-0.4, -0.2) is 40.9 Å². The Morgan fingerprint density at radius 2 is 1.76 bits per heavy atom. The number of rotatable bonds is 3. The van der Waals surface area contributed by atoms with Crippen LogP contribution in [-0.2, 0) is 9.53 Å². The number of aliphatic hydroxyl groups is 1. The van der Waals surface area contributed by atoms with Crippen molar-refractivity contribution in [3.63, 3.8) is 0 Å². The molecular weight excluding hydrogens is 218 g/mol. The second kappa shape index (κ2) is 5.83. The standard InChI is InChI=1S/C11H21NO3.C2H6/c1-10(2,14)8-6-7-12(9(8)13)11(3,4)15-5;1-2/h8,14H,6-7H2,1-5H3;1-2H3. The van der Waals surface area contributed by atoms with Gasteiger partial charge in [-0.3, -0.25) is 4.79 Å². The molecule has 4 nitrogen and oxygen atoms in total. The number of carbonyl (C=O) groups is 1. The molecule has 17 heavy (non-hydrogen) atoms. The molecule has 1 fully saturated rings. The van der Waals surface area contributed by atoms with E-state index in [0.29, 0.717) is 13.0 Å². The molecule has 1 rings (SSSR count). The summed E-state index contributed by atoms with van der Waals surface area (Å²) in [6, 6.07) is 0. The lowest BCUT2D eigenvalue weighted by atomic mass is 9.90. The Kier molecular flexibility index (Phi) is 5.62. The molecule has 0 bridgehead atoms. The minimum absolute atomic E-state index is 0.0191. The second-order valence-corrected chi connectivity index (χ2v) is 5.14. The van der Waals surface area contributed by atoms with Gasteiger partial charge in [0.1, 0.15) is 5.72 Å². The summed E-state index contributed by atoms with van der Waals surface area (Å²) in [5.41, 5.74) is -1.53. The molecule has 4 heteroatoms. The predicted octanol–water partition coefficient (Wildman–Crippen LogP) is 2.01. The van der Waals surface area contributed by atoms with Gasteiger partial charge in [-0.25, -0.2) is 0 Å². The van der Waals surface area contributed by atoms with Gasteiger partial charge < -0.3 is 14.7 Å².